The first-order chi connectivity index (χ1) is 8.27. The van der Waals surface area contributed by atoms with Crippen molar-refractivity contribution in [3.8, 4) is 0 Å². The number of aromatic carboxylic acids is 1. The molecule has 0 fully saturated rings. The van der Waals surface area contributed by atoms with E-state index in [0.29, 0.717) is 5.82 Å². The molecule has 2 heterocycles. The van der Waals surface area contributed by atoms with Gasteiger partial charge in [-0.15, -0.1) is 10.2 Å². The summed E-state index contributed by atoms with van der Waals surface area (Å²) in [6.07, 6.45) is 3.03. The molecule has 2 aromatic rings. The van der Waals surface area contributed by atoms with Crippen LogP contribution in [0.15, 0.2) is 53.0 Å². The van der Waals surface area contributed by atoms with Gasteiger partial charge in [0.15, 0.2) is 11.6 Å². The first kappa shape index (κ1) is 10.9. The second-order valence-corrected chi connectivity index (χ2v) is 3.07. The summed E-state index contributed by atoms with van der Waals surface area (Å²) in [6.45, 7) is 0. The van der Waals surface area contributed by atoms with Crippen LogP contribution >= 0.6 is 0 Å². The zero-order valence-corrected chi connectivity index (χ0v) is 8.69. The van der Waals surface area contributed by atoms with Gasteiger partial charge in [0.2, 0.25) is 0 Å². The van der Waals surface area contributed by atoms with Crippen molar-refractivity contribution in [1.29, 1.82) is 0 Å². The van der Waals surface area contributed by atoms with Crippen LogP contribution in [0.4, 0.5) is 11.6 Å². The van der Waals surface area contributed by atoms with Gasteiger partial charge in [0.05, 0.1) is 0 Å². The molecule has 0 bridgehead atoms. The van der Waals surface area contributed by atoms with Gasteiger partial charge in [-0.3, -0.25) is 0 Å². The Labute approximate surface area is 96.7 Å². The van der Waals surface area contributed by atoms with E-state index < -0.39 is 5.97 Å². The maximum atomic E-state index is 10.9. The van der Waals surface area contributed by atoms with Gasteiger partial charge in [-0.2, -0.15) is 0 Å². The number of carboxylic acids is 1. The summed E-state index contributed by atoms with van der Waals surface area (Å²) in [5.41, 5.74) is 0.00665. The van der Waals surface area contributed by atoms with E-state index in [4.69, 9.17) is 5.11 Å². The fourth-order valence-electron chi connectivity index (χ4n) is 1.16. The Morgan fingerprint density at radius 1 is 1.06 bits per heavy atom. The van der Waals surface area contributed by atoms with E-state index in [-0.39, 0.29) is 11.4 Å². The molecule has 0 spiro atoms. The molecule has 0 saturated heterocycles. The van der Waals surface area contributed by atoms with Crippen molar-refractivity contribution < 1.29 is 9.90 Å². The van der Waals surface area contributed by atoms with Crippen molar-refractivity contribution in [2.75, 3.05) is 0 Å². The van der Waals surface area contributed by atoms with Crippen LogP contribution in [0, 0.1) is 0 Å². The Hall–Kier alpha value is -2.63. The van der Waals surface area contributed by atoms with Crippen molar-refractivity contribution >= 4 is 17.6 Å². The third-order valence-electron chi connectivity index (χ3n) is 1.91. The van der Waals surface area contributed by atoms with Crippen LogP contribution in [0.5, 0.6) is 0 Å². The maximum Gasteiger partial charge on any atom is 0.339 e. The SMILES string of the molecule is O=C(O)c1cccnc1N=Nc1ccccn1. The van der Waals surface area contributed by atoms with E-state index >= 15 is 0 Å². The van der Waals surface area contributed by atoms with E-state index in [1.165, 1.54) is 18.3 Å². The number of nitrogens with zero attached hydrogens (tertiary/aromatic N) is 4. The second-order valence-electron chi connectivity index (χ2n) is 3.07. The standard InChI is InChI=1S/C11H8N4O2/c16-11(17)8-4-3-7-13-10(8)15-14-9-5-1-2-6-12-9/h1-7H,(H,16,17). The summed E-state index contributed by atoms with van der Waals surface area (Å²) in [7, 11) is 0. The number of carbonyl (C=O) groups is 1. The largest absolute Gasteiger partial charge is 0.478 e. The second kappa shape index (κ2) is 4.93. The third-order valence-corrected chi connectivity index (χ3v) is 1.91. The highest BCUT2D eigenvalue weighted by atomic mass is 16.4. The van der Waals surface area contributed by atoms with Gasteiger partial charge in [0, 0.05) is 12.4 Å². The molecule has 84 valence electrons. The minimum atomic E-state index is -1.09. The Morgan fingerprint density at radius 2 is 1.88 bits per heavy atom. The molecular weight excluding hydrogens is 220 g/mol. The van der Waals surface area contributed by atoms with E-state index in [0.717, 1.165) is 0 Å². The smallest absolute Gasteiger partial charge is 0.339 e. The van der Waals surface area contributed by atoms with Gasteiger partial charge >= 0.3 is 5.97 Å². The minimum absolute atomic E-state index is 0.00665. The molecule has 0 aliphatic carbocycles. The van der Waals surface area contributed by atoms with E-state index in [2.05, 4.69) is 20.2 Å². The highest BCUT2D eigenvalue weighted by Crippen LogP contribution is 2.17. The summed E-state index contributed by atoms with van der Waals surface area (Å²) >= 11 is 0. The molecule has 0 saturated carbocycles. The van der Waals surface area contributed by atoms with Crippen LogP contribution in [-0.2, 0) is 0 Å². The molecule has 0 amide bonds. The van der Waals surface area contributed by atoms with Gasteiger partial charge in [-0.25, -0.2) is 14.8 Å². The topological polar surface area (TPSA) is 87.8 Å². The Morgan fingerprint density at radius 3 is 2.59 bits per heavy atom. The molecule has 0 radical (unpaired) electrons. The summed E-state index contributed by atoms with van der Waals surface area (Å²) in [6, 6.07) is 8.12. The van der Waals surface area contributed by atoms with Crippen molar-refractivity contribution in [3.05, 3.63) is 48.3 Å². The van der Waals surface area contributed by atoms with Crippen LogP contribution in [-0.4, -0.2) is 21.0 Å². The minimum Gasteiger partial charge on any atom is -0.478 e. The number of azo groups is 1. The number of hydrogen-bond donors (Lipinski definition) is 1. The van der Waals surface area contributed by atoms with Gasteiger partial charge in [0.1, 0.15) is 5.56 Å². The van der Waals surface area contributed by atoms with E-state index in [1.54, 1.807) is 24.4 Å². The van der Waals surface area contributed by atoms with Crippen molar-refractivity contribution in [2.45, 2.75) is 0 Å². The van der Waals surface area contributed by atoms with Crippen LogP contribution in [0.1, 0.15) is 10.4 Å². The first-order valence-corrected chi connectivity index (χ1v) is 4.78. The van der Waals surface area contributed by atoms with Crippen molar-refractivity contribution in [2.24, 2.45) is 10.2 Å². The van der Waals surface area contributed by atoms with Crippen LogP contribution in [0.25, 0.3) is 0 Å². The van der Waals surface area contributed by atoms with Crippen LogP contribution in [0.2, 0.25) is 0 Å². The van der Waals surface area contributed by atoms with Crippen molar-refractivity contribution in [1.82, 2.24) is 9.97 Å². The average Bonchev–Trinajstić information content (AvgIpc) is 2.38. The first-order valence-electron chi connectivity index (χ1n) is 4.78. The fourth-order valence-corrected chi connectivity index (χ4v) is 1.16. The highest BCUT2D eigenvalue weighted by molar-refractivity contribution is 5.92. The molecule has 0 aliphatic rings. The van der Waals surface area contributed by atoms with Crippen molar-refractivity contribution in [3.63, 3.8) is 0 Å². The van der Waals surface area contributed by atoms with Crippen LogP contribution in [0.3, 0.4) is 0 Å². The summed E-state index contributed by atoms with van der Waals surface area (Å²) in [5.74, 6) is -0.631. The molecule has 17 heavy (non-hydrogen) atoms. The zero-order chi connectivity index (χ0) is 12.1. The lowest BCUT2D eigenvalue weighted by Crippen LogP contribution is -1.97. The Kier molecular flexibility index (Phi) is 3.15. The van der Waals surface area contributed by atoms with Gasteiger partial charge in [-0.05, 0) is 24.3 Å². The number of pyridine rings is 2. The van der Waals surface area contributed by atoms with E-state index in [9.17, 15) is 4.79 Å². The predicted octanol–water partition coefficient (Wildman–Crippen LogP) is 2.59. The maximum absolute atomic E-state index is 10.9. The molecule has 0 aliphatic heterocycles. The summed E-state index contributed by atoms with van der Waals surface area (Å²) in [5, 5.41) is 16.5. The lowest BCUT2D eigenvalue weighted by Gasteiger charge is -1.96. The lowest BCUT2D eigenvalue weighted by atomic mass is 10.2. The molecule has 6 heteroatoms. The molecule has 0 atom stereocenters. The number of carboxylic acid groups (broad SMARTS) is 1. The number of aromatic nitrogens is 2. The summed E-state index contributed by atoms with van der Waals surface area (Å²) in [4.78, 5) is 18.7. The molecule has 0 aromatic carbocycles. The molecular formula is C11H8N4O2. The Balaban J connectivity index is 2.30. The molecule has 2 rings (SSSR count). The lowest BCUT2D eigenvalue weighted by molar-refractivity contribution is 0.0697. The average molecular weight is 228 g/mol. The molecule has 0 unspecified atom stereocenters. The monoisotopic (exact) mass is 228 g/mol. The van der Waals surface area contributed by atoms with E-state index in [1.807, 2.05) is 0 Å². The fraction of sp³-hybridized carbons (Fsp3) is 0. The molecule has 1 N–H and O–H groups in total. The summed E-state index contributed by atoms with van der Waals surface area (Å²) < 4.78 is 0. The quantitative estimate of drug-likeness (QED) is 0.817. The molecule has 6 nitrogen and oxygen atoms in total. The third kappa shape index (κ3) is 2.69. The van der Waals surface area contributed by atoms with Gasteiger partial charge < -0.3 is 5.11 Å². The number of rotatable bonds is 3. The van der Waals surface area contributed by atoms with Gasteiger partial charge in [0.25, 0.3) is 0 Å². The van der Waals surface area contributed by atoms with Gasteiger partial charge in [-0.1, -0.05) is 6.07 Å². The Bertz CT molecular complexity index is 554. The normalized spacial score (nSPS) is 10.6. The molecule has 2 aromatic heterocycles. The highest BCUT2D eigenvalue weighted by Gasteiger charge is 2.09. The number of hydrogen-bond acceptors (Lipinski definition) is 5. The van der Waals surface area contributed by atoms with Crippen LogP contribution < -0.4 is 0 Å². The predicted molar refractivity (Wildman–Crippen MR) is 59.6 cm³/mol. The zero-order valence-electron chi connectivity index (χ0n) is 8.69.